The predicted octanol–water partition coefficient (Wildman–Crippen LogP) is 1.88. The summed E-state index contributed by atoms with van der Waals surface area (Å²) < 4.78 is 7.97. The van der Waals surface area contributed by atoms with Gasteiger partial charge < -0.3 is 15.0 Å². The third-order valence-electron chi connectivity index (χ3n) is 3.52. The average molecular weight is 333 g/mol. The van der Waals surface area contributed by atoms with Gasteiger partial charge in [0.1, 0.15) is 0 Å². The van der Waals surface area contributed by atoms with Crippen molar-refractivity contribution < 1.29 is 4.74 Å². The molecule has 1 aliphatic heterocycles. The molecule has 0 radical (unpaired) electrons. The zero-order chi connectivity index (χ0) is 15.2. The second kappa shape index (κ2) is 8.39. The Morgan fingerprint density at radius 1 is 1.62 bits per heavy atom. The van der Waals surface area contributed by atoms with Crippen molar-refractivity contribution in [2.24, 2.45) is 0 Å². The van der Waals surface area contributed by atoms with Crippen molar-refractivity contribution in [3.05, 3.63) is 16.9 Å². The van der Waals surface area contributed by atoms with Gasteiger partial charge in [0.05, 0.1) is 42.2 Å². The summed E-state index contributed by atoms with van der Waals surface area (Å²) in [5.41, 5.74) is 1.05. The molecule has 2 heterocycles. The van der Waals surface area contributed by atoms with Gasteiger partial charge >= 0.3 is 0 Å². The number of hydrogen-bond acceptors (Lipinski definition) is 5. The fourth-order valence-corrected chi connectivity index (χ4v) is 3.64. The number of aromatic nitrogens is 2. The van der Waals surface area contributed by atoms with E-state index < -0.39 is 0 Å². The van der Waals surface area contributed by atoms with E-state index in [1.54, 1.807) is 6.20 Å². The van der Waals surface area contributed by atoms with Crippen molar-refractivity contribution >= 4 is 23.4 Å². The van der Waals surface area contributed by atoms with E-state index in [0.29, 0.717) is 0 Å². The van der Waals surface area contributed by atoms with Gasteiger partial charge in [-0.1, -0.05) is 18.5 Å². The topological polar surface area (TPSA) is 42.3 Å². The van der Waals surface area contributed by atoms with Gasteiger partial charge in [0.25, 0.3) is 0 Å². The number of ether oxygens (including phenoxy) is 1. The van der Waals surface area contributed by atoms with Crippen LogP contribution in [0.3, 0.4) is 0 Å². The molecule has 0 amide bonds. The Hall–Kier alpha value is -0.270. The Labute approximate surface area is 136 Å². The molecular weight excluding hydrogens is 308 g/mol. The minimum absolute atomic E-state index is 0.0972. The Morgan fingerprint density at radius 2 is 2.43 bits per heavy atom. The first-order valence-corrected chi connectivity index (χ1v) is 8.95. The molecule has 1 N–H and O–H groups in total. The maximum atomic E-state index is 6.41. The summed E-state index contributed by atoms with van der Waals surface area (Å²) >= 11 is 8.35. The third-order valence-corrected chi connectivity index (χ3v) is 4.84. The molecule has 0 spiro atoms. The minimum atomic E-state index is 0.0972. The van der Waals surface area contributed by atoms with Gasteiger partial charge in [0.2, 0.25) is 0 Å². The fourth-order valence-electron chi connectivity index (χ4n) is 2.48. The molecule has 21 heavy (non-hydrogen) atoms. The zero-order valence-electron chi connectivity index (χ0n) is 13.0. The summed E-state index contributed by atoms with van der Waals surface area (Å²) in [6.07, 6.45) is 1.89. The quantitative estimate of drug-likeness (QED) is 0.826. The molecule has 0 aliphatic carbocycles. The Balaban J connectivity index is 2.19. The van der Waals surface area contributed by atoms with Crippen molar-refractivity contribution in [1.29, 1.82) is 0 Å². The fraction of sp³-hybridized carbons (Fsp3) is 0.786. The van der Waals surface area contributed by atoms with Crippen molar-refractivity contribution in [3.63, 3.8) is 0 Å². The smallest absolute Gasteiger partial charge is 0.0876 e. The maximum Gasteiger partial charge on any atom is 0.0876 e. The number of nitrogens with zero attached hydrogens (tertiary/aromatic N) is 3. The minimum Gasteiger partial charge on any atom is -0.374 e. The van der Waals surface area contributed by atoms with Crippen LogP contribution in [0.25, 0.3) is 0 Å². The largest absolute Gasteiger partial charge is 0.374 e. The van der Waals surface area contributed by atoms with Gasteiger partial charge in [-0.15, -0.1) is 0 Å². The molecule has 1 saturated heterocycles. The monoisotopic (exact) mass is 332 g/mol. The molecule has 0 aromatic carbocycles. The highest BCUT2D eigenvalue weighted by atomic mass is 35.5. The van der Waals surface area contributed by atoms with E-state index in [1.807, 2.05) is 16.4 Å². The SMILES string of the molecule is CCNC(c1c(Cl)cnn1CCN(C)C)C1CSCCO1. The van der Waals surface area contributed by atoms with E-state index in [1.165, 1.54) is 0 Å². The molecule has 2 rings (SSSR count). The molecule has 1 aromatic rings. The lowest BCUT2D eigenvalue weighted by molar-refractivity contribution is 0.0447. The van der Waals surface area contributed by atoms with Crippen LogP contribution in [0.15, 0.2) is 6.20 Å². The lowest BCUT2D eigenvalue weighted by atomic mass is 10.1. The summed E-state index contributed by atoms with van der Waals surface area (Å²) in [7, 11) is 4.13. The number of rotatable bonds is 7. The Kier molecular flexibility index (Phi) is 6.82. The number of nitrogens with one attached hydrogen (secondary N) is 1. The van der Waals surface area contributed by atoms with E-state index in [2.05, 4.69) is 36.3 Å². The van der Waals surface area contributed by atoms with Crippen LogP contribution in [0.1, 0.15) is 18.7 Å². The molecule has 7 heteroatoms. The third kappa shape index (κ3) is 4.60. The first kappa shape index (κ1) is 17.1. The highest BCUT2D eigenvalue weighted by Crippen LogP contribution is 2.30. The molecule has 2 atom stereocenters. The summed E-state index contributed by atoms with van der Waals surface area (Å²) in [5.74, 6) is 2.07. The molecule has 1 aromatic heterocycles. The normalized spacial score (nSPS) is 20.9. The Morgan fingerprint density at radius 3 is 3.05 bits per heavy atom. The molecule has 1 fully saturated rings. The van der Waals surface area contributed by atoms with Gasteiger partial charge in [-0.2, -0.15) is 16.9 Å². The van der Waals surface area contributed by atoms with Gasteiger partial charge in [0, 0.05) is 18.1 Å². The second-order valence-electron chi connectivity index (χ2n) is 5.42. The van der Waals surface area contributed by atoms with Crippen molar-refractivity contribution in [2.45, 2.75) is 25.6 Å². The first-order chi connectivity index (χ1) is 10.1. The number of halogens is 1. The number of hydrogen-bond donors (Lipinski definition) is 1. The van der Waals surface area contributed by atoms with Crippen LogP contribution in [-0.4, -0.2) is 66.1 Å². The van der Waals surface area contributed by atoms with E-state index in [4.69, 9.17) is 16.3 Å². The first-order valence-electron chi connectivity index (χ1n) is 7.42. The van der Waals surface area contributed by atoms with Crippen LogP contribution in [0.5, 0.6) is 0 Å². The van der Waals surface area contributed by atoms with E-state index >= 15 is 0 Å². The average Bonchev–Trinajstić information content (AvgIpc) is 2.84. The molecule has 2 unspecified atom stereocenters. The highest BCUT2D eigenvalue weighted by molar-refractivity contribution is 7.99. The van der Waals surface area contributed by atoms with Crippen LogP contribution in [0.4, 0.5) is 0 Å². The molecule has 0 saturated carbocycles. The molecule has 0 bridgehead atoms. The van der Waals surface area contributed by atoms with E-state index in [0.717, 1.165) is 48.5 Å². The van der Waals surface area contributed by atoms with Crippen LogP contribution in [0.2, 0.25) is 5.02 Å². The van der Waals surface area contributed by atoms with Gasteiger partial charge in [-0.25, -0.2) is 0 Å². The van der Waals surface area contributed by atoms with Crippen LogP contribution < -0.4 is 5.32 Å². The zero-order valence-corrected chi connectivity index (χ0v) is 14.6. The molecule has 5 nitrogen and oxygen atoms in total. The van der Waals surface area contributed by atoms with Crippen molar-refractivity contribution in [2.75, 3.05) is 45.3 Å². The predicted molar refractivity (Wildman–Crippen MR) is 89.3 cm³/mol. The van der Waals surface area contributed by atoms with Crippen LogP contribution >= 0.6 is 23.4 Å². The highest BCUT2D eigenvalue weighted by Gasteiger charge is 2.30. The van der Waals surface area contributed by atoms with Gasteiger partial charge in [-0.3, -0.25) is 4.68 Å². The second-order valence-corrected chi connectivity index (χ2v) is 6.98. The standard InChI is InChI=1S/C14H25ClN4OS/c1-4-16-13(12-10-21-8-7-20-12)14-11(15)9-17-19(14)6-5-18(2)3/h9,12-13,16H,4-8,10H2,1-3H3. The lowest BCUT2D eigenvalue weighted by Gasteiger charge is -2.31. The van der Waals surface area contributed by atoms with E-state index in [9.17, 15) is 0 Å². The van der Waals surface area contributed by atoms with Crippen LogP contribution in [-0.2, 0) is 11.3 Å². The Bertz CT molecular complexity index is 435. The summed E-state index contributed by atoms with van der Waals surface area (Å²) in [4.78, 5) is 2.15. The van der Waals surface area contributed by atoms with E-state index in [-0.39, 0.29) is 12.1 Å². The maximum absolute atomic E-state index is 6.41. The summed E-state index contributed by atoms with van der Waals surface area (Å²) in [6, 6.07) is 0.0972. The van der Waals surface area contributed by atoms with Crippen LogP contribution in [0, 0.1) is 0 Å². The molecular formula is C14H25ClN4OS. The number of likely N-dealkylation sites (N-methyl/N-ethyl adjacent to an activating group) is 2. The summed E-state index contributed by atoms with van der Waals surface area (Å²) in [6.45, 7) is 5.56. The van der Waals surface area contributed by atoms with Crippen molar-refractivity contribution in [3.8, 4) is 0 Å². The van der Waals surface area contributed by atoms with Gasteiger partial charge in [0.15, 0.2) is 0 Å². The molecule has 1 aliphatic rings. The van der Waals surface area contributed by atoms with Gasteiger partial charge in [-0.05, 0) is 20.6 Å². The molecule has 120 valence electrons. The number of thioether (sulfide) groups is 1. The summed E-state index contributed by atoms with van der Waals surface area (Å²) in [5, 5.41) is 8.69. The van der Waals surface area contributed by atoms with Crippen molar-refractivity contribution in [1.82, 2.24) is 20.0 Å². The lowest BCUT2D eigenvalue weighted by Crippen LogP contribution is -2.39.